The Morgan fingerprint density at radius 2 is 2.38 bits per heavy atom. The first kappa shape index (κ1) is 15.4. The van der Waals surface area contributed by atoms with Crippen LogP contribution >= 0.6 is 0 Å². The lowest BCUT2D eigenvalue weighted by atomic mass is 10.2. The fourth-order valence-corrected chi connectivity index (χ4v) is 2.63. The molecule has 1 N–H and O–H groups in total. The molecule has 2 heterocycles. The number of anilines is 1. The molecular formula is C13H21N5O3. The van der Waals surface area contributed by atoms with E-state index in [2.05, 4.69) is 15.3 Å². The van der Waals surface area contributed by atoms with Crippen molar-refractivity contribution in [3.05, 3.63) is 16.4 Å². The zero-order valence-electron chi connectivity index (χ0n) is 12.4. The molecular weight excluding hydrogens is 274 g/mol. The smallest absolute Gasteiger partial charge is 0.372 e. The maximum atomic E-state index is 11.4. The molecule has 1 aromatic heterocycles. The molecule has 0 aliphatic carbocycles. The largest absolute Gasteiger partial charge is 0.476 e. The molecule has 8 heteroatoms. The molecule has 1 aromatic rings. The minimum absolute atomic E-state index is 0.00508. The Morgan fingerprint density at radius 3 is 2.95 bits per heavy atom. The molecule has 0 saturated carbocycles. The summed E-state index contributed by atoms with van der Waals surface area (Å²) in [7, 11) is 1.38. The second kappa shape index (κ2) is 7.16. The highest BCUT2D eigenvalue weighted by Crippen LogP contribution is 2.33. The molecule has 1 fully saturated rings. The number of methoxy groups -OCH3 is 1. The van der Waals surface area contributed by atoms with E-state index in [-0.39, 0.29) is 11.6 Å². The summed E-state index contributed by atoms with van der Waals surface area (Å²) in [5.74, 6) is 0.341. The van der Waals surface area contributed by atoms with E-state index in [9.17, 15) is 10.1 Å². The lowest BCUT2D eigenvalue weighted by molar-refractivity contribution is -0.385. The average Bonchev–Trinajstić information content (AvgIpc) is 2.98. The second-order valence-corrected chi connectivity index (χ2v) is 5.05. The van der Waals surface area contributed by atoms with Crippen LogP contribution in [0.3, 0.4) is 0 Å². The number of hydrogen-bond donors (Lipinski definition) is 1. The summed E-state index contributed by atoms with van der Waals surface area (Å²) < 4.78 is 5.01. The summed E-state index contributed by atoms with van der Waals surface area (Å²) in [4.78, 5) is 20.8. The van der Waals surface area contributed by atoms with Gasteiger partial charge in [0.05, 0.1) is 12.0 Å². The Morgan fingerprint density at radius 1 is 1.57 bits per heavy atom. The number of nitrogens with one attached hydrogen (secondary N) is 1. The summed E-state index contributed by atoms with van der Waals surface area (Å²) in [6.45, 7) is 4.45. The van der Waals surface area contributed by atoms with Crippen LogP contribution in [0, 0.1) is 10.1 Å². The number of nitro groups is 1. The van der Waals surface area contributed by atoms with Crippen molar-refractivity contribution < 1.29 is 9.66 Å². The van der Waals surface area contributed by atoms with Crippen LogP contribution in [0.5, 0.6) is 5.88 Å². The molecule has 1 aliphatic rings. The van der Waals surface area contributed by atoms with Crippen LogP contribution in [-0.2, 0) is 0 Å². The van der Waals surface area contributed by atoms with Gasteiger partial charge in [-0.05, 0) is 25.8 Å². The minimum atomic E-state index is -0.473. The van der Waals surface area contributed by atoms with Gasteiger partial charge in [0.15, 0.2) is 0 Å². The lowest BCUT2D eigenvalue weighted by Gasteiger charge is -2.26. The third-order valence-corrected chi connectivity index (χ3v) is 3.54. The Labute approximate surface area is 123 Å². The summed E-state index contributed by atoms with van der Waals surface area (Å²) in [5, 5.41) is 14.8. The van der Waals surface area contributed by atoms with E-state index in [4.69, 9.17) is 4.74 Å². The Kier molecular flexibility index (Phi) is 5.26. The van der Waals surface area contributed by atoms with E-state index in [0.717, 1.165) is 25.8 Å². The number of hydrogen-bond acceptors (Lipinski definition) is 7. The van der Waals surface area contributed by atoms with Gasteiger partial charge in [0.1, 0.15) is 6.33 Å². The van der Waals surface area contributed by atoms with E-state index in [1.165, 1.54) is 13.4 Å². The maximum absolute atomic E-state index is 11.4. The number of aromatic nitrogens is 2. The number of rotatable bonds is 7. The molecule has 21 heavy (non-hydrogen) atoms. The van der Waals surface area contributed by atoms with Gasteiger partial charge in [0.2, 0.25) is 5.82 Å². The van der Waals surface area contributed by atoms with Crippen molar-refractivity contribution in [2.24, 2.45) is 0 Å². The van der Waals surface area contributed by atoms with Crippen LogP contribution < -0.4 is 15.0 Å². The highest BCUT2D eigenvalue weighted by Gasteiger charge is 2.29. The van der Waals surface area contributed by atoms with Gasteiger partial charge in [-0.2, -0.15) is 4.98 Å². The molecule has 0 amide bonds. The molecule has 0 radical (unpaired) electrons. The molecule has 8 nitrogen and oxygen atoms in total. The summed E-state index contributed by atoms with van der Waals surface area (Å²) in [6, 6.07) is 0.345. The topological polar surface area (TPSA) is 93.4 Å². The summed E-state index contributed by atoms with van der Waals surface area (Å²) in [5.41, 5.74) is -0.161. The van der Waals surface area contributed by atoms with Crippen LogP contribution in [0.4, 0.5) is 11.5 Å². The van der Waals surface area contributed by atoms with E-state index < -0.39 is 4.92 Å². The van der Waals surface area contributed by atoms with Gasteiger partial charge in [-0.15, -0.1) is 0 Å². The van der Waals surface area contributed by atoms with Gasteiger partial charge in [-0.3, -0.25) is 10.1 Å². The lowest BCUT2D eigenvalue weighted by Crippen LogP contribution is -2.38. The van der Waals surface area contributed by atoms with Gasteiger partial charge < -0.3 is 15.0 Å². The predicted molar refractivity (Wildman–Crippen MR) is 78.8 cm³/mol. The van der Waals surface area contributed by atoms with Gasteiger partial charge in [0.25, 0.3) is 5.88 Å². The SMILES string of the molecule is CCCN(CC1CCCN1)c1ncnc(OC)c1[N+](=O)[O-]. The zero-order chi connectivity index (χ0) is 15.2. The van der Waals surface area contributed by atoms with Crippen LogP contribution in [0.15, 0.2) is 6.33 Å². The monoisotopic (exact) mass is 295 g/mol. The molecule has 1 atom stereocenters. The normalized spacial score (nSPS) is 17.7. The van der Waals surface area contributed by atoms with E-state index >= 15 is 0 Å². The molecule has 0 spiro atoms. The fraction of sp³-hybridized carbons (Fsp3) is 0.692. The third kappa shape index (κ3) is 3.57. The standard InChI is InChI=1S/C13H21N5O3/c1-3-7-17(8-10-5-4-6-14-10)12-11(18(19)20)13(21-2)16-9-15-12/h9-10,14H,3-8H2,1-2H3. The number of nitrogens with zero attached hydrogens (tertiary/aromatic N) is 4. The predicted octanol–water partition coefficient (Wildman–Crippen LogP) is 1.36. The molecule has 1 aliphatic heterocycles. The molecule has 1 unspecified atom stereocenters. The number of ether oxygens (including phenoxy) is 1. The van der Waals surface area contributed by atoms with Crippen LogP contribution in [-0.4, -0.2) is 47.7 Å². The van der Waals surface area contributed by atoms with Crippen molar-refractivity contribution in [3.63, 3.8) is 0 Å². The first-order chi connectivity index (χ1) is 10.2. The maximum Gasteiger partial charge on any atom is 0.372 e. The van der Waals surface area contributed by atoms with Crippen molar-refractivity contribution in [2.75, 3.05) is 31.6 Å². The Hall–Kier alpha value is -1.96. The van der Waals surface area contributed by atoms with E-state index in [0.29, 0.717) is 24.9 Å². The summed E-state index contributed by atoms with van der Waals surface area (Å²) >= 11 is 0. The molecule has 0 aromatic carbocycles. The quantitative estimate of drug-likeness (QED) is 0.599. The molecule has 2 rings (SSSR count). The summed E-state index contributed by atoms with van der Waals surface area (Å²) in [6.07, 6.45) is 4.41. The first-order valence-corrected chi connectivity index (χ1v) is 7.19. The average molecular weight is 295 g/mol. The highest BCUT2D eigenvalue weighted by molar-refractivity contribution is 5.62. The minimum Gasteiger partial charge on any atom is -0.476 e. The fourth-order valence-electron chi connectivity index (χ4n) is 2.63. The third-order valence-electron chi connectivity index (χ3n) is 3.54. The van der Waals surface area contributed by atoms with Crippen LogP contribution in [0.25, 0.3) is 0 Å². The van der Waals surface area contributed by atoms with E-state index in [1.807, 2.05) is 11.8 Å². The molecule has 116 valence electrons. The van der Waals surface area contributed by atoms with Gasteiger partial charge in [-0.25, -0.2) is 4.98 Å². The molecule has 0 bridgehead atoms. The highest BCUT2D eigenvalue weighted by atomic mass is 16.6. The second-order valence-electron chi connectivity index (χ2n) is 5.05. The van der Waals surface area contributed by atoms with Gasteiger partial charge in [0, 0.05) is 19.1 Å². The van der Waals surface area contributed by atoms with Crippen molar-refractivity contribution in [2.45, 2.75) is 32.2 Å². The van der Waals surface area contributed by atoms with Crippen molar-refractivity contribution in [1.82, 2.24) is 15.3 Å². The zero-order valence-corrected chi connectivity index (χ0v) is 12.4. The van der Waals surface area contributed by atoms with Crippen molar-refractivity contribution >= 4 is 11.5 Å². The Balaban J connectivity index is 2.31. The van der Waals surface area contributed by atoms with Crippen molar-refractivity contribution in [3.8, 4) is 5.88 Å². The van der Waals surface area contributed by atoms with Crippen molar-refractivity contribution in [1.29, 1.82) is 0 Å². The first-order valence-electron chi connectivity index (χ1n) is 7.19. The van der Waals surface area contributed by atoms with Gasteiger partial charge >= 0.3 is 5.69 Å². The Bertz CT molecular complexity index is 491. The van der Waals surface area contributed by atoms with E-state index in [1.54, 1.807) is 0 Å². The molecule has 1 saturated heterocycles. The van der Waals surface area contributed by atoms with Crippen LogP contribution in [0.1, 0.15) is 26.2 Å². The van der Waals surface area contributed by atoms with Gasteiger partial charge in [-0.1, -0.05) is 6.92 Å². The van der Waals surface area contributed by atoms with Crippen LogP contribution in [0.2, 0.25) is 0 Å².